The van der Waals surface area contributed by atoms with Crippen LogP contribution >= 0.6 is 0 Å². The summed E-state index contributed by atoms with van der Waals surface area (Å²) in [6.45, 7) is 7.39. The minimum atomic E-state index is -0.237. The number of ether oxygens (including phenoxy) is 1. The summed E-state index contributed by atoms with van der Waals surface area (Å²) < 4.78 is 5.39. The summed E-state index contributed by atoms with van der Waals surface area (Å²) in [5.41, 5.74) is 0.350. The maximum Gasteiger partial charge on any atom is 0.0721 e. The fourth-order valence-corrected chi connectivity index (χ4v) is 2.86. The molecule has 1 fully saturated rings. The molecule has 2 rings (SSSR count). The zero-order valence-corrected chi connectivity index (χ0v) is 10.9. The number of allylic oxidation sites excluding steroid dienone is 1. The number of hydrogen-bond acceptors (Lipinski definition) is 3. The first kappa shape index (κ1) is 13.1. The Morgan fingerprint density at radius 1 is 1.35 bits per heavy atom. The molecule has 3 heteroatoms. The monoisotopic (exact) mass is 239 g/mol. The Bertz CT molecular complexity index is 261. The van der Waals surface area contributed by atoms with Gasteiger partial charge in [-0.3, -0.25) is 4.90 Å². The average molecular weight is 239 g/mol. The molecule has 0 aromatic rings. The molecule has 98 valence electrons. The van der Waals surface area contributed by atoms with Gasteiger partial charge < -0.3 is 9.84 Å². The lowest BCUT2D eigenvalue weighted by Crippen LogP contribution is -2.43. The Labute approximate surface area is 104 Å². The van der Waals surface area contributed by atoms with Gasteiger partial charge in [-0.15, -0.1) is 0 Å². The molecule has 2 aliphatic rings. The molecule has 0 bridgehead atoms. The summed E-state index contributed by atoms with van der Waals surface area (Å²) in [5, 5.41) is 9.73. The second-order valence-electron chi connectivity index (χ2n) is 5.77. The highest BCUT2D eigenvalue weighted by Gasteiger charge is 2.28. The number of morpholine rings is 1. The fraction of sp³-hybridized carbons (Fsp3) is 0.857. The summed E-state index contributed by atoms with van der Waals surface area (Å²) in [7, 11) is 0. The normalized spacial score (nSPS) is 38.4. The molecule has 17 heavy (non-hydrogen) atoms. The highest BCUT2D eigenvalue weighted by molar-refractivity contribution is 4.94. The molecule has 0 amide bonds. The van der Waals surface area contributed by atoms with E-state index < -0.39 is 0 Å². The van der Waals surface area contributed by atoms with Gasteiger partial charge in [0.2, 0.25) is 0 Å². The second-order valence-corrected chi connectivity index (χ2v) is 5.77. The van der Waals surface area contributed by atoms with E-state index in [9.17, 15) is 5.11 Å². The molecule has 0 aromatic heterocycles. The van der Waals surface area contributed by atoms with Gasteiger partial charge in [0.15, 0.2) is 0 Å². The molecular formula is C14H25NO2. The van der Waals surface area contributed by atoms with E-state index in [1.54, 1.807) is 0 Å². The van der Waals surface area contributed by atoms with Crippen molar-refractivity contribution in [1.29, 1.82) is 0 Å². The zero-order chi connectivity index (χ0) is 12.1. The highest BCUT2D eigenvalue weighted by atomic mass is 16.5. The van der Waals surface area contributed by atoms with Crippen LogP contribution < -0.4 is 0 Å². The van der Waals surface area contributed by atoms with E-state index in [-0.39, 0.29) is 6.10 Å². The minimum Gasteiger partial charge on any atom is -0.389 e. The highest BCUT2D eigenvalue weighted by Crippen LogP contribution is 2.33. The lowest BCUT2D eigenvalue weighted by molar-refractivity contribution is 0.0131. The third-order valence-electron chi connectivity index (χ3n) is 4.03. The van der Waals surface area contributed by atoms with Crippen LogP contribution in [-0.2, 0) is 4.74 Å². The van der Waals surface area contributed by atoms with E-state index in [1.165, 1.54) is 6.42 Å². The number of aliphatic hydroxyl groups is 1. The van der Waals surface area contributed by atoms with Crippen LogP contribution in [0.15, 0.2) is 12.2 Å². The molecule has 1 saturated heterocycles. The molecule has 0 saturated carbocycles. The number of aliphatic hydroxyl groups excluding tert-OH is 1. The van der Waals surface area contributed by atoms with Crippen molar-refractivity contribution < 1.29 is 9.84 Å². The van der Waals surface area contributed by atoms with Crippen molar-refractivity contribution >= 4 is 0 Å². The molecular weight excluding hydrogens is 214 g/mol. The van der Waals surface area contributed by atoms with Gasteiger partial charge in [0.1, 0.15) is 0 Å². The molecule has 1 aliphatic carbocycles. The van der Waals surface area contributed by atoms with Gasteiger partial charge in [0.25, 0.3) is 0 Å². The van der Waals surface area contributed by atoms with E-state index in [1.807, 2.05) is 6.08 Å². The number of nitrogens with zero attached hydrogens (tertiary/aromatic N) is 1. The first-order valence-electron chi connectivity index (χ1n) is 6.83. The quantitative estimate of drug-likeness (QED) is 0.746. The van der Waals surface area contributed by atoms with E-state index in [0.29, 0.717) is 5.41 Å². The lowest BCUT2D eigenvalue weighted by Gasteiger charge is -2.38. The second kappa shape index (κ2) is 5.98. The summed E-state index contributed by atoms with van der Waals surface area (Å²) in [5.74, 6) is 0. The van der Waals surface area contributed by atoms with E-state index in [2.05, 4.69) is 17.9 Å². The van der Waals surface area contributed by atoms with Gasteiger partial charge in [-0.05, 0) is 31.1 Å². The van der Waals surface area contributed by atoms with Gasteiger partial charge in [-0.2, -0.15) is 0 Å². The third kappa shape index (κ3) is 4.09. The zero-order valence-electron chi connectivity index (χ0n) is 10.9. The van der Waals surface area contributed by atoms with Crippen molar-refractivity contribution in [1.82, 2.24) is 4.90 Å². The van der Waals surface area contributed by atoms with Crippen molar-refractivity contribution in [2.45, 2.75) is 38.7 Å². The standard InChI is InChI=1S/C14H25NO2/c1-14(12-15-8-10-17-11-9-15)6-3-2-4-13(16)5-7-14/h2,4,13,16H,3,5-12H2,1H3/b4-2-/t13-,14+/m1/s1. The molecule has 0 aromatic carbocycles. The lowest BCUT2D eigenvalue weighted by atomic mass is 9.78. The van der Waals surface area contributed by atoms with Crippen molar-refractivity contribution in [3.63, 3.8) is 0 Å². The molecule has 1 N–H and O–H groups in total. The maximum absolute atomic E-state index is 9.73. The van der Waals surface area contributed by atoms with Gasteiger partial charge in [0.05, 0.1) is 19.3 Å². The van der Waals surface area contributed by atoms with Gasteiger partial charge in [-0.25, -0.2) is 0 Å². The smallest absolute Gasteiger partial charge is 0.0721 e. The van der Waals surface area contributed by atoms with Crippen LogP contribution in [0.1, 0.15) is 32.6 Å². The van der Waals surface area contributed by atoms with Crippen LogP contribution in [0, 0.1) is 5.41 Å². The van der Waals surface area contributed by atoms with Crippen molar-refractivity contribution in [2.24, 2.45) is 5.41 Å². The predicted octanol–water partition coefficient (Wildman–Crippen LogP) is 1.82. The topological polar surface area (TPSA) is 32.7 Å². The Morgan fingerprint density at radius 2 is 2.12 bits per heavy atom. The van der Waals surface area contributed by atoms with E-state index >= 15 is 0 Å². The third-order valence-corrected chi connectivity index (χ3v) is 4.03. The molecule has 3 nitrogen and oxygen atoms in total. The number of rotatable bonds is 2. The van der Waals surface area contributed by atoms with Crippen LogP contribution in [0.5, 0.6) is 0 Å². The fourth-order valence-electron chi connectivity index (χ4n) is 2.86. The Hall–Kier alpha value is -0.380. The van der Waals surface area contributed by atoms with E-state index in [4.69, 9.17) is 4.74 Å². The number of hydrogen-bond donors (Lipinski definition) is 1. The van der Waals surface area contributed by atoms with Crippen LogP contribution in [0.25, 0.3) is 0 Å². The van der Waals surface area contributed by atoms with Gasteiger partial charge in [0, 0.05) is 19.6 Å². The molecule has 0 spiro atoms. The molecule has 2 atom stereocenters. The SMILES string of the molecule is C[C@]1(CN2CCOCC2)CC/C=C\[C@@H](O)CC1. The first-order chi connectivity index (χ1) is 8.18. The van der Waals surface area contributed by atoms with Crippen LogP contribution in [0.4, 0.5) is 0 Å². The minimum absolute atomic E-state index is 0.237. The Morgan fingerprint density at radius 3 is 2.88 bits per heavy atom. The van der Waals surface area contributed by atoms with Crippen molar-refractivity contribution in [3.8, 4) is 0 Å². The van der Waals surface area contributed by atoms with Gasteiger partial charge >= 0.3 is 0 Å². The molecule has 0 radical (unpaired) electrons. The van der Waals surface area contributed by atoms with Crippen LogP contribution in [0.3, 0.4) is 0 Å². The molecule has 0 unspecified atom stereocenters. The Balaban J connectivity index is 1.89. The Kier molecular flexibility index (Phi) is 4.60. The van der Waals surface area contributed by atoms with Gasteiger partial charge in [-0.1, -0.05) is 19.1 Å². The largest absolute Gasteiger partial charge is 0.389 e. The van der Waals surface area contributed by atoms with Crippen molar-refractivity contribution in [2.75, 3.05) is 32.8 Å². The molecule has 1 aliphatic heterocycles. The van der Waals surface area contributed by atoms with E-state index in [0.717, 1.165) is 52.1 Å². The summed E-state index contributed by atoms with van der Waals surface area (Å²) in [6.07, 6.45) is 8.20. The summed E-state index contributed by atoms with van der Waals surface area (Å²) in [4.78, 5) is 2.52. The maximum atomic E-state index is 9.73. The average Bonchev–Trinajstić information content (AvgIpc) is 2.32. The van der Waals surface area contributed by atoms with Crippen molar-refractivity contribution in [3.05, 3.63) is 12.2 Å². The van der Waals surface area contributed by atoms with Crippen LogP contribution in [0.2, 0.25) is 0 Å². The van der Waals surface area contributed by atoms with Crippen LogP contribution in [-0.4, -0.2) is 49.0 Å². The predicted molar refractivity (Wildman–Crippen MR) is 69.0 cm³/mol. The summed E-state index contributed by atoms with van der Waals surface area (Å²) >= 11 is 0. The molecule has 1 heterocycles. The first-order valence-corrected chi connectivity index (χ1v) is 6.83. The summed E-state index contributed by atoms with van der Waals surface area (Å²) in [6, 6.07) is 0.